The van der Waals surface area contributed by atoms with Crippen molar-refractivity contribution >= 4 is 10.8 Å². The summed E-state index contributed by atoms with van der Waals surface area (Å²) in [6, 6.07) is 20.2. The maximum atomic E-state index is 15.2. The molecule has 37 heavy (non-hydrogen) atoms. The number of aromatic nitrogens is 1. The van der Waals surface area contributed by atoms with Crippen LogP contribution in [0, 0.1) is 5.82 Å². The summed E-state index contributed by atoms with van der Waals surface area (Å²) in [6.07, 6.45) is 4.03. The third-order valence-electron chi connectivity index (χ3n) is 6.30. The van der Waals surface area contributed by atoms with Crippen LogP contribution in [0.25, 0.3) is 10.8 Å². The van der Waals surface area contributed by atoms with Crippen LogP contribution in [0.5, 0.6) is 5.75 Å². The highest BCUT2D eigenvalue weighted by atomic mass is 19.4. The molecular weight excluding hydrogens is 478 g/mol. The van der Waals surface area contributed by atoms with E-state index in [1.807, 2.05) is 42.6 Å². The fourth-order valence-corrected chi connectivity index (χ4v) is 4.22. The van der Waals surface area contributed by atoms with Gasteiger partial charge in [-0.3, -0.25) is 4.98 Å². The van der Waals surface area contributed by atoms with E-state index in [4.69, 9.17) is 4.74 Å². The topological polar surface area (TPSA) is 22.1 Å². The molecule has 4 aromatic rings. The number of alkyl halides is 3. The molecule has 4 rings (SSSR count). The van der Waals surface area contributed by atoms with E-state index in [0.717, 1.165) is 47.9 Å². The molecule has 1 heterocycles. The number of pyridine rings is 1. The zero-order valence-corrected chi connectivity index (χ0v) is 20.5. The molecule has 192 valence electrons. The van der Waals surface area contributed by atoms with E-state index in [0.29, 0.717) is 23.8 Å². The van der Waals surface area contributed by atoms with E-state index in [2.05, 4.69) is 23.7 Å². The Bertz CT molecular complexity index is 1330. The Balaban J connectivity index is 1.35. The van der Waals surface area contributed by atoms with E-state index < -0.39 is 12.8 Å². The Labute approximate surface area is 214 Å². The van der Waals surface area contributed by atoms with Crippen LogP contribution in [-0.2, 0) is 32.1 Å². The molecule has 0 unspecified atom stereocenters. The van der Waals surface area contributed by atoms with Gasteiger partial charge in [-0.15, -0.1) is 6.58 Å². The number of hydrogen-bond acceptors (Lipinski definition) is 2. The minimum absolute atomic E-state index is 0.157. The highest BCUT2D eigenvalue weighted by molar-refractivity contribution is 5.84. The monoisotopic (exact) mass is 507 g/mol. The standard InChI is InChI=1S/C31H29F4NO/c1-2-3-4-24-7-15-27(36-20-24)14-6-23-10-18-29-26(19-23)13-12-25(30(29)32)11-5-22-8-16-28(17-9-22)37-21-31(33,34)35/h2,7-10,12-13,15-20H,1,3-6,11,14,21H2. The summed E-state index contributed by atoms with van der Waals surface area (Å²) in [4.78, 5) is 4.56. The van der Waals surface area contributed by atoms with E-state index in [1.165, 1.54) is 17.7 Å². The lowest BCUT2D eigenvalue weighted by atomic mass is 9.98. The first-order valence-corrected chi connectivity index (χ1v) is 12.3. The molecule has 0 bridgehead atoms. The van der Waals surface area contributed by atoms with E-state index in [1.54, 1.807) is 12.1 Å². The van der Waals surface area contributed by atoms with Crippen LogP contribution in [-0.4, -0.2) is 17.8 Å². The Hall–Kier alpha value is -3.67. The van der Waals surface area contributed by atoms with Crippen LogP contribution in [0.15, 0.2) is 85.6 Å². The number of rotatable bonds is 11. The lowest BCUT2D eigenvalue weighted by Gasteiger charge is -2.11. The van der Waals surface area contributed by atoms with Crippen LogP contribution in [0.1, 0.15) is 34.4 Å². The number of hydrogen-bond donors (Lipinski definition) is 0. The Kier molecular flexibility index (Phi) is 8.59. The van der Waals surface area contributed by atoms with Crippen molar-refractivity contribution in [2.24, 2.45) is 0 Å². The predicted molar refractivity (Wildman–Crippen MR) is 139 cm³/mol. The lowest BCUT2D eigenvalue weighted by molar-refractivity contribution is -0.153. The van der Waals surface area contributed by atoms with E-state index in [-0.39, 0.29) is 11.6 Å². The lowest BCUT2D eigenvalue weighted by Crippen LogP contribution is -2.19. The largest absolute Gasteiger partial charge is 0.484 e. The van der Waals surface area contributed by atoms with Gasteiger partial charge < -0.3 is 4.74 Å². The van der Waals surface area contributed by atoms with Crippen molar-refractivity contribution in [2.75, 3.05) is 6.61 Å². The normalized spacial score (nSPS) is 11.6. The highest BCUT2D eigenvalue weighted by Crippen LogP contribution is 2.25. The summed E-state index contributed by atoms with van der Waals surface area (Å²) in [6.45, 7) is 2.43. The number of aryl methyl sites for hydroxylation is 5. The second-order valence-electron chi connectivity index (χ2n) is 9.13. The first kappa shape index (κ1) is 26.4. The van der Waals surface area contributed by atoms with Crippen LogP contribution in [0.3, 0.4) is 0 Å². The Morgan fingerprint density at radius 1 is 0.784 bits per heavy atom. The van der Waals surface area contributed by atoms with Gasteiger partial charge in [0, 0.05) is 17.3 Å². The maximum Gasteiger partial charge on any atom is 0.422 e. The highest BCUT2D eigenvalue weighted by Gasteiger charge is 2.28. The molecule has 6 heteroatoms. The van der Waals surface area contributed by atoms with Crippen molar-refractivity contribution in [3.8, 4) is 5.75 Å². The molecule has 1 aromatic heterocycles. The average Bonchev–Trinajstić information content (AvgIpc) is 2.90. The minimum Gasteiger partial charge on any atom is -0.484 e. The molecule has 0 atom stereocenters. The molecular formula is C31H29F4NO. The van der Waals surface area contributed by atoms with Gasteiger partial charge >= 0.3 is 6.18 Å². The Morgan fingerprint density at radius 2 is 1.51 bits per heavy atom. The molecule has 0 aliphatic heterocycles. The van der Waals surface area contributed by atoms with Crippen molar-refractivity contribution in [2.45, 2.75) is 44.7 Å². The second kappa shape index (κ2) is 12.0. The van der Waals surface area contributed by atoms with Gasteiger partial charge in [0.2, 0.25) is 0 Å². The average molecular weight is 508 g/mol. The fourth-order valence-electron chi connectivity index (χ4n) is 4.22. The molecule has 2 nitrogen and oxygen atoms in total. The molecule has 0 amide bonds. The SMILES string of the molecule is C=CCCc1ccc(CCc2ccc3c(F)c(CCc4ccc(OCC(F)(F)F)cc4)ccc3c2)nc1. The van der Waals surface area contributed by atoms with Crippen LogP contribution < -0.4 is 4.74 Å². The van der Waals surface area contributed by atoms with Gasteiger partial charge in [-0.1, -0.05) is 54.6 Å². The quantitative estimate of drug-likeness (QED) is 0.152. The number of ether oxygens (including phenoxy) is 1. The molecule has 0 fully saturated rings. The van der Waals surface area contributed by atoms with Crippen molar-refractivity contribution in [1.82, 2.24) is 4.98 Å². The molecule has 0 radical (unpaired) electrons. The minimum atomic E-state index is -4.37. The van der Waals surface area contributed by atoms with Gasteiger partial charge in [0.1, 0.15) is 11.6 Å². The summed E-state index contributed by atoms with van der Waals surface area (Å²) >= 11 is 0. The van der Waals surface area contributed by atoms with Crippen molar-refractivity contribution in [3.05, 3.63) is 119 Å². The van der Waals surface area contributed by atoms with Crippen molar-refractivity contribution < 1.29 is 22.3 Å². The number of halogens is 4. The van der Waals surface area contributed by atoms with Crippen LogP contribution in [0.2, 0.25) is 0 Å². The summed E-state index contributed by atoms with van der Waals surface area (Å²) < 4.78 is 56.8. The van der Waals surface area contributed by atoms with Crippen molar-refractivity contribution in [3.63, 3.8) is 0 Å². The summed E-state index contributed by atoms with van der Waals surface area (Å²) in [7, 11) is 0. The first-order chi connectivity index (χ1) is 17.8. The van der Waals surface area contributed by atoms with Gasteiger partial charge in [-0.25, -0.2) is 4.39 Å². The van der Waals surface area contributed by atoms with Crippen LogP contribution in [0.4, 0.5) is 17.6 Å². The van der Waals surface area contributed by atoms with Gasteiger partial charge in [0.05, 0.1) is 0 Å². The molecule has 0 N–H and O–H groups in total. The zero-order chi connectivity index (χ0) is 26.3. The summed E-state index contributed by atoms with van der Waals surface area (Å²) in [5, 5.41) is 1.44. The fraction of sp³-hybridized carbons (Fsp3) is 0.258. The zero-order valence-electron chi connectivity index (χ0n) is 20.5. The van der Waals surface area contributed by atoms with Gasteiger partial charge in [0.15, 0.2) is 6.61 Å². The predicted octanol–water partition coefficient (Wildman–Crippen LogP) is 8.00. The number of allylic oxidation sites excluding steroid dienone is 1. The smallest absolute Gasteiger partial charge is 0.422 e. The van der Waals surface area contributed by atoms with E-state index in [9.17, 15) is 13.2 Å². The van der Waals surface area contributed by atoms with Gasteiger partial charge in [-0.2, -0.15) is 13.2 Å². The number of benzene rings is 3. The van der Waals surface area contributed by atoms with Gasteiger partial charge in [-0.05, 0) is 84.4 Å². The van der Waals surface area contributed by atoms with Gasteiger partial charge in [0.25, 0.3) is 0 Å². The third-order valence-corrected chi connectivity index (χ3v) is 6.30. The molecule has 0 saturated heterocycles. The first-order valence-electron chi connectivity index (χ1n) is 12.3. The molecule has 0 aliphatic carbocycles. The molecule has 0 saturated carbocycles. The molecule has 0 aliphatic rings. The van der Waals surface area contributed by atoms with Crippen molar-refractivity contribution in [1.29, 1.82) is 0 Å². The maximum absolute atomic E-state index is 15.2. The molecule has 0 spiro atoms. The number of fused-ring (bicyclic) bond motifs is 1. The third kappa shape index (κ3) is 7.66. The summed E-state index contributed by atoms with van der Waals surface area (Å²) in [5.74, 6) is -0.0731. The van der Waals surface area contributed by atoms with Crippen LogP contribution >= 0.6 is 0 Å². The van der Waals surface area contributed by atoms with E-state index >= 15 is 4.39 Å². The Morgan fingerprint density at radius 3 is 2.22 bits per heavy atom. The number of nitrogens with zero attached hydrogens (tertiary/aromatic N) is 1. The summed E-state index contributed by atoms with van der Waals surface area (Å²) in [5.41, 5.74) is 4.87. The molecule has 3 aromatic carbocycles. The second-order valence-corrected chi connectivity index (χ2v) is 9.13.